The molecule has 0 unspecified atom stereocenters. The summed E-state index contributed by atoms with van der Waals surface area (Å²) in [7, 11) is 0. The van der Waals surface area contributed by atoms with Crippen molar-refractivity contribution in [2.24, 2.45) is 0 Å². The number of aryl methyl sites for hydroxylation is 1. The molecular formula is C17H12N8. The van der Waals surface area contributed by atoms with Crippen LogP contribution in [0, 0.1) is 6.92 Å². The van der Waals surface area contributed by atoms with Crippen molar-refractivity contribution < 1.29 is 0 Å². The number of hydrogen-bond acceptors (Lipinski definition) is 6. The van der Waals surface area contributed by atoms with Crippen LogP contribution in [0.25, 0.3) is 34.0 Å². The molecule has 0 bridgehead atoms. The number of hydrogen-bond donors (Lipinski definition) is 0. The van der Waals surface area contributed by atoms with Crippen molar-refractivity contribution in [1.82, 2.24) is 39.3 Å². The van der Waals surface area contributed by atoms with Crippen LogP contribution in [0.4, 0.5) is 0 Å². The second-order valence-corrected chi connectivity index (χ2v) is 5.55. The molecule has 8 nitrogen and oxygen atoms in total. The maximum atomic E-state index is 4.66. The molecule has 0 aliphatic carbocycles. The summed E-state index contributed by atoms with van der Waals surface area (Å²) < 4.78 is 3.40. The summed E-state index contributed by atoms with van der Waals surface area (Å²) in [5.74, 6) is 1.85. The molecule has 25 heavy (non-hydrogen) atoms. The lowest BCUT2D eigenvalue weighted by Crippen LogP contribution is -2.05. The van der Waals surface area contributed by atoms with Gasteiger partial charge in [-0.15, -0.1) is 5.10 Å². The predicted molar refractivity (Wildman–Crippen MR) is 91.2 cm³/mol. The van der Waals surface area contributed by atoms with Gasteiger partial charge in [0.25, 0.3) is 0 Å². The molecule has 0 aliphatic heterocycles. The summed E-state index contributed by atoms with van der Waals surface area (Å²) in [6.07, 6.45) is 5.13. The van der Waals surface area contributed by atoms with E-state index in [-0.39, 0.29) is 0 Å². The summed E-state index contributed by atoms with van der Waals surface area (Å²) >= 11 is 0. The van der Waals surface area contributed by atoms with Gasteiger partial charge in [-0.05, 0) is 31.2 Å². The van der Waals surface area contributed by atoms with E-state index in [0.717, 1.165) is 22.4 Å². The topological polar surface area (TPSA) is 86.7 Å². The molecule has 4 heterocycles. The second-order valence-electron chi connectivity index (χ2n) is 5.55. The van der Waals surface area contributed by atoms with E-state index in [0.29, 0.717) is 17.5 Å². The number of aromatic nitrogens is 8. The predicted octanol–water partition coefficient (Wildman–Crippen LogP) is 2.23. The van der Waals surface area contributed by atoms with Crippen LogP contribution in [0.15, 0.2) is 55.0 Å². The van der Waals surface area contributed by atoms with Crippen molar-refractivity contribution in [1.29, 1.82) is 0 Å². The first-order chi connectivity index (χ1) is 12.3. The van der Waals surface area contributed by atoms with E-state index < -0.39 is 0 Å². The van der Waals surface area contributed by atoms with Crippen molar-refractivity contribution >= 4 is 16.7 Å². The Morgan fingerprint density at radius 2 is 1.76 bits per heavy atom. The van der Waals surface area contributed by atoms with Crippen LogP contribution in [-0.2, 0) is 0 Å². The molecule has 0 spiro atoms. The van der Waals surface area contributed by atoms with Crippen LogP contribution in [0.5, 0.6) is 0 Å². The van der Waals surface area contributed by atoms with Gasteiger partial charge >= 0.3 is 0 Å². The highest BCUT2D eigenvalue weighted by atomic mass is 15.4. The summed E-state index contributed by atoms with van der Waals surface area (Å²) in [6, 6.07) is 11.4. The van der Waals surface area contributed by atoms with Gasteiger partial charge in [-0.2, -0.15) is 9.78 Å². The molecule has 1 aromatic carbocycles. The lowest BCUT2D eigenvalue weighted by atomic mass is 10.3. The quantitative estimate of drug-likeness (QED) is 0.494. The normalized spacial score (nSPS) is 11.4. The van der Waals surface area contributed by atoms with Gasteiger partial charge in [0, 0.05) is 6.20 Å². The minimum absolute atomic E-state index is 0.597. The van der Waals surface area contributed by atoms with Crippen molar-refractivity contribution in [3.05, 3.63) is 60.8 Å². The molecule has 5 aromatic rings. The minimum Gasteiger partial charge on any atom is -0.251 e. The Bertz CT molecular complexity index is 1220. The third kappa shape index (κ3) is 2.15. The van der Waals surface area contributed by atoms with Gasteiger partial charge in [0.2, 0.25) is 0 Å². The SMILES string of the molecule is Cc1nc(-c2cnc3cccnn23)n(-c2cnc3ccccc3n2)n1. The van der Waals surface area contributed by atoms with Gasteiger partial charge in [0.1, 0.15) is 11.5 Å². The van der Waals surface area contributed by atoms with Crippen LogP contribution in [-0.4, -0.2) is 39.3 Å². The van der Waals surface area contributed by atoms with Crippen molar-refractivity contribution in [2.75, 3.05) is 0 Å². The molecule has 0 atom stereocenters. The van der Waals surface area contributed by atoms with Crippen LogP contribution >= 0.6 is 0 Å². The molecule has 0 radical (unpaired) electrons. The number of fused-ring (bicyclic) bond motifs is 2. The summed E-state index contributed by atoms with van der Waals surface area (Å²) in [5, 5.41) is 8.83. The highest BCUT2D eigenvalue weighted by Crippen LogP contribution is 2.21. The second kappa shape index (κ2) is 5.17. The van der Waals surface area contributed by atoms with Crippen LogP contribution in [0.1, 0.15) is 5.82 Å². The number of imidazole rings is 1. The largest absolute Gasteiger partial charge is 0.251 e. The first kappa shape index (κ1) is 13.7. The molecule has 0 saturated carbocycles. The standard InChI is InChI=1S/C17H12N8/c1-11-21-17(14-9-19-15-7-4-8-20-24(14)15)25(23-11)16-10-18-12-5-2-3-6-13(12)22-16/h2-10H,1H3. The number of nitrogens with zero attached hydrogens (tertiary/aromatic N) is 8. The molecule has 0 aliphatic rings. The Kier molecular flexibility index (Phi) is 2.84. The van der Waals surface area contributed by atoms with Gasteiger partial charge in [-0.25, -0.2) is 19.5 Å². The van der Waals surface area contributed by atoms with E-state index in [1.54, 1.807) is 27.8 Å². The van der Waals surface area contributed by atoms with E-state index in [4.69, 9.17) is 0 Å². The smallest absolute Gasteiger partial charge is 0.185 e. The fraction of sp³-hybridized carbons (Fsp3) is 0.0588. The lowest BCUT2D eigenvalue weighted by molar-refractivity contribution is 0.827. The number of benzene rings is 1. The first-order valence-corrected chi connectivity index (χ1v) is 7.74. The van der Waals surface area contributed by atoms with E-state index in [1.165, 1.54) is 0 Å². The molecule has 120 valence electrons. The molecule has 0 saturated heterocycles. The zero-order valence-electron chi connectivity index (χ0n) is 13.3. The van der Waals surface area contributed by atoms with Gasteiger partial charge in [0.05, 0.1) is 23.4 Å². The van der Waals surface area contributed by atoms with Gasteiger partial charge in [-0.3, -0.25) is 4.98 Å². The molecule has 4 aromatic heterocycles. The third-order valence-corrected chi connectivity index (χ3v) is 3.87. The number of para-hydroxylation sites is 2. The highest BCUT2D eigenvalue weighted by molar-refractivity contribution is 5.74. The zero-order valence-corrected chi connectivity index (χ0v) is 13.3. The average molecular weight is 328 g/mol. The Balaban J connectivity index is 1.74. The van der Waals surface area contributed by atoms with Crippen LogP contribution in [0.2, 0.25) is 0 Å². The van der Waals surface area contributed by atoms with E-state index in [1.807, 2.05) is 43.3 Å². The van der Waals surface area contributed by atoms with Crippen LogP contribution in [0.3, 0.4) is 0 Å². The fourth-order valence-electron chi connectivity index (χ4n) is 2.77. The maximum absolute atomic E-state index is 4.66. The molecule has 5 rings (SSSR count). The average Bonchev–Trinajstić information content (AvgIpc) is 3.24. The van der Waals surface area contributed by atoms with Gasteiger partial charge < -0.3 is 0 Å². The Morgan fingerprint density at radius 1 is 0.880 bits per heavy atom. The Labute approximate surface area is 141 Å². The van der Waals surface area contributed by atoms with Crippen molar-refractivity contribution in [3.8, 4) is 17.3 Å². The molecule has 0 fully saturated rings. The van der Waals surface area contributed by atoms with Crippen LogP contribution < -0.4 is 0 Å². The number of rotatable bonds is 2. The lowest BCUT2D eigenvalue weighted by Gasteiger charge is -2.05. The van der Waals surface area contributed by atoms with E-state index >= 15 is 0 Å². The highest BCUT2D eigenvalue weighted by Gasteiger charge is 2.17. The Morgan fingerprint density at radius 3 is 2.68 bits per heavy atom. The summed E-state index contributed by atoms with van der Waals surface area (Å²) in [4.78, 5) is 18.0. The first-order valence-electron chi connectivity index (χ1n) is 7.74. The summed E-state index contributed by atoms with van der Waals surface area (Å²) in [5.41, 5.74) is 3.12. The monoisotopic (exact) mass is 328 g/mol. The van der Waals surface area contributed by atoms with Gasteiger partial charge in [0.15, 0.2) is 17.3 Å². The zero-order chi connectivity index (χ0) is 16.8. The molecule has 0 N–H and O–H groups in total. The fourth-order valence-corrected chi connectivity index (χ4v) is 2.77. The van der Waals surface area contributed by atoms with Crippen molar-refractivity contribution in [2.45, 2.75) is 6.92 Å². The Hall–Kier alpha value is -3.68. The van der Waals surface area contributed by atoms with E-state index in [9.17, 15) is 0 Å². The molecule has 0 amide bonds. The maximum Gasteiger partial charge on any atom is 0.185 e. The third-order valence-electron chi connectivity index (χ3n) is 3.87. The molecule has 8 heteroatoms. The molecular weight excluding hydrogens is 316 g/mol. The summed E-state index contributed by atoms with van der Waals surface area (Å²) in [6.45, 7) is 1.84. The van der Waals surface area contributed by atoms with Crippen molar-refractivity contribution in [3.63, 3.8) is 0 Å². The van der Waals surface area contributed by atoms with Gasteiger partial charge in [-0.1, -0.05) is 12.1 Å². The van der Waals surface area contributed by atoms with E-state index in [2.05, 4.69) is 30.1 Å². The minimum atomic E-state index is 0.597.